The van der Waals surface area contributed by atoms with Crippen molar-refractivity contribution in [2.45, 2.75) is 64.2 Å². The van der Waals surface area contributed by atoms with Gasteiger partial charge in [0.1, 0.15) is 11.6 Å². The lowest BCUT2D eigenvalue weighted by atomic mass is 9.82. The zero-order valence-corrected chi connectivity index (χ0v) is 20.4. The van der Waals surface area contributed by atoms with E-state index in [1.165, 1.54) is 25.0 Å². The molecule has 1 aliphatic carbocycles. The number of rotatable bonds is 8. The van der Waals surface area contributed by atoms with Gasteiger partial charge in [-0.25, -0.2) is 9.97 Å². The van der Waals surface area contributed by atoms with Gasteiger partial charge in [-0.15, -0.1) is 0 Å². The van der Waals surface area contributed by atoms with Crippen LogP contribution < -0.4 is 10.2 Å². The average Bonchev–Trinajstić information content (AvgIpc) is 2.78. The Labute approximate surface area is 198 Å². The molecule has 7 nitrogen and oxygen atoms in total. The summed E-state index contributed by atoms with van der Waals surface area (Å²) in [5.74, 6) is 2.65. The van der Waals surface area contributed by atoms with Crippen molar-refractivity contribution in [3.63, 3.8) is 0 Å². The van der Waals surface area contributed by atoms with Gasteiger partial charge in [-0.1, -0.05) is 27.2 Å². The lowest BCUT2D eigenvalue weighted by Gasteiger charge is -2.36. The highest BCUT2D eigenvalue weighted by Gasteiger charge is 2.27. The van der Waals surface area contributed by atoms with E-state index in [2.05, 4.69) is 46.9 Å². The van der Waals surface area contributed by atoms with Crippen LogP contribution in [0.15, 0.2) is 30.6 Å². The maximum absolute atomic E-state index is 12.1. The second-order valence-electron chi connectivity index (χ2n) is 10.4. The maximum Gasteiger partial charge on any atom is 0.252 e. The van der Waals surface area contributed by atoms with Crippen LogP contribution in [0.25, 0.3) is 0 Å². The third-order valence-corrected chi connectivity index (χ3v) is 6.73. The highest BCUT2D eigenvalue weighted by Crippen LogP contribution is 2.37. The molecule has 0 atom stereocenters. The van der Waals surface area contributed by atoms with Crippen molar-refractivity contribution in [2.75, 3.05) is 44.2 Å². The van der Waals surface area contributed by atoms with Crippen LogP contribution in [0.3, 0.4) is 0 Å². The lowest BCUT2D eigenvalue weighted by Crippen LogP contribution is -2.47. The smallest absolute Gasteiger partial charge is 0.252 e. The SMILES string of the molecule is CC(C)(C)c1nc(C2CCC2)cc(N2CCN(CCCCNC(=O)c3cccnc3)CC2)n1. The fourth-order valence-corrected chi connectivity index (χ4v) is 4.33. The summed E-state index contributed by atoms with van der Waals surface area (Å²) in [6.07, 6.45) is 9.19. The molecule has 0 aromatic carbocycles. The van der Waals surface area contributed by atoms with Gasteiger partial charge in [-0.3, -0.25) is 14.7 Å². The van der Waals surface area contributed by atoms with E-state index in [9.17, 15) is 4.79 Å². The van der Waals surface area contributed by atoms with Gasteiger partial charge in [0.2, 0.25) is 0 Å². The summed E-state index contributed by atoms with van der Waals surface area (Å²) in [7, 11) is 0. The van der Waals surface area contributed by atoms with Crippen LogP contribution in [0, 0.1) is 0 Å². The molecule has 2 fully saturated rings. The predicted octanol–water partition coefficient (Wildman–Crippen LogP) is 3.77. The fourth-order valence-electron chi connectivity index (χ4n) is 4.33. The van der Waals surface area contributed by atoms with Gasteiger partial charge < -0.3 is 10.2 Å². The third kappa shape index (κ3) is 6.28. The van der Waals surface area contributed by atoms with Gasteiger partial charge in [-0.05, 0) is 44.4 Å². The van der Waals surface area contributed by atoms with Crippen molar-refractivity contribution in [1.29, 1.82) is 0 Å². The van der Waals surface area contributed by atoms with Gasteiger partial charge >= 0.3 is 0 Å². The highest BCUT2D eigenvalue weighted by molar-refractivity contribution is 5.93. The zero-order valence-electron chi connectivity index (χ0n) is 20.4. The Morgan fingerprint density at radius 2 is 1.91 bits per heavy atom. The summed E-state index contributed by atoms with van der Waals surface area (Å²) in [6.45, 7) is 12.5. The molecule has 0 unspecified atom stereocenters. The van der Waals surface area contributed by atoms with E-state index in [1.54, 1.807) is 24.5 Å². The molecule has 178 valence electrons. The standard InChI is InChI=1S/C26H38N6O/c1-26(2,3)25-29-22(20-8-6-9-20)18-23(30-25)32-16-14-31(15-17-32)13-5-4-12-28-24(33)21-10-7-11-27-19-21/h7,10-11,18-20H,4-6,8-9,12-17H2,1-3H3,(H,28,33). The Hall–Kier alpha value is -2.54. The molecule has 1 aliphatic heterocycles. The summed E-state index contributed by atoms with van der Waals surface area (Å²) in [5, 5.41) is 2.99. The molecule has 1 saturated heterocycles. The van der Waals surface area contributed by atoms with Crippen molar-refractivity contribution in [3.8, 4) is 0 Å². The second kappa shape index (κ2) is 10.6. The van der Waals surface area contributed by atoms with E-state index in [4.69, 9.17) is 9.97 Å². The Bertz CT molecular complexity index is 914. The van der Waals surface area contributed by atoms with Crippen LogP contribution in [0.5, 0.6) is 0 Å². The van der Waals surface area contributed by atoms with Crippen molar-refractivity contribution in [2.24, 2.45) is 0 Å². The van der Waals surface area contributed by atoms with Gasteiger partial charge in [-0.2, -0.15) is 0 Å². The maximum atomic E-state index is 12.1. The van der Waals surface area contributed by atoms with Crippen molar-refractivity contribution in [1.82, 2.24) is 25.2 Å². The summed E-state index contributed by atoms with van der Waals surface area (Å²) in [4.78, 5) is 31.0. The van der Waals surface area contributed by atoms with Crippen LogP contribution in [-0.4, -0.2) is 65.0 Å². The Morgan fingerprint density at radius 3 is 2.55 bits per heavy atom. The summed E-state index contributed by atoms with van der Waals surface area (Å²) < 4.78 is 0. The molecule has 7 heteroatoms. The van der Waals surface area contributed by atoms with Crippen LogP contribution in [-0.2, 0) is 5.41 Å². The largest absolute Gasteiger partial charge is 0.354 e. The molecule has 33 heavy (non-hydrogen) atoms. The molecule has 3 heterocycles. The first-order valence-corrected chi connectivity index (χ1v) is 12.4. The molecular formula is C26H38N6O. The Kier molecular flexibility index (Phi) is 7.58. The summed E-state index contributed by atoms with van der Waals surface area (Å²) in [6, 6.07) is 5.83. The molecule has 0 spiro atoms. The quantitative estimate of drug-likeness (QED) is 0.617. The van der Waals surface area contributed by atoms with Crippen LogP contribution >= 0.6 is 0 Å². The lowest BCUT2D eigenvalue weighted by molar-refractivity contribution is 0.0952. The van der Waals surface area contributed by atoms with E-state index in [0.717, 1.165) is 57.2 Å². The second-order valence-corrected chi connectivity index (χ2v) is 10.4. The first-order chi connectivity index (χ1) is 15.9. The Morgan fingerprint density at radius 1 is 1.12 bits per heavy atom. The fraction of sp³-hybridized carbons (Fsp3) is 0.615. The number of hydrogen-bond acceptors (Lipinski definition) is 6. The number of unbranched alkanes of at least 4 members (excludes halogenated alkanes) is 1. The number of aromatic nitrogens is 3. The van der Waals surface area contributed by atoms with Crippen molar-refractivity contribution in [3.05, 3.63) is 47.7 Å². The molecule has 2 aromatic rings. The van der Waals surface area contributed by atoms with Crippen LogP contribution in [0.2, 0.25) is 0 Å². The number of carbonyl (C=O) groups is 1. The number of nitrogens with one attached hydrogen (secondary N) is 1. The number of nitrogens with zero attached hydrogens (tertiary/aromatic N) is 5. The number of amides is 1. The first-order valence-electron chi connectivity index (χ1n) is 12.4. The first kappa shape index (κ1) is 23.6. The molecule has 1 N–H and O–H groups in total. The summed E-state index contributed by atoms with van der Waals surface area (Å²) in [5.41, 5.74) is 1.82. The summed E-state index contributed by atoms with van der Waals surface area (Å²) >= 11 is 0. The average molecular weight is 451 g/mol. The van der Waals surface area contributed by atoms with Crippen LogP contribution in [0.1, 0.15) is 80.7 Å². The van der Waals surface area contributed by atoms with E-state index >= 15 is 0 Å². The van der Waals surface area contributed by atoms with Gasteiger partial charge in [0, 0.05) is 68.2 Å². The Balaban J connectivity index is 1.22. The number of hydrogen-bond donors (Lipinski definition) is 1. The van der Waals surface area contributed by atoms with E-state index in [1.807, 2.05) is 0 Å². The minimum Gasteiger partial charge on any atom is -0.354 e. The molecule has 1 saturated carbocycles. The highest BCUT2D eigenvalue weighted by atomic mass is 16.1. The molecular weight excluding hydrogens is 412 g/mol. The third-order valence-electron chi connectivity index (χ3n) is 6.73. The zero-order chi connectivity index (χ0) is 23.3. The monoisotopic (exact) mass is 450 g/mol. The van der Waals surface area contributed by atoms with Crippen LogP contribution in [0.4, 0.5) is 5.82 Å². The minimum atomic E-state index is -0.0440. The minimum absolute atomic E-state index is 0.0389. The van der Waals surface area contributed by atoms with Crippen molar-refractivity contribution >= 4 is 11.7 Å². The van der Waals surface area contributed by atoms with E-state index < -0.39 is 0 Å². The molecule has 1 amide bonds. The molecule has 2 aliphatic rings. The number of carbonyl (C=O) groups excluding carboxylic acids is 1. The number of anilines is 1. The molecule has 0 bridgehead atoms. The predicted molar refractivity (Wildman–Crippen MR) is 132 cm³/mol. The topological polar surface area (TPSA) is 74.2 Å². The molecule has 4 rings (SSSR count). The number of pyridine rings is 1. The number of piperazine rings is 1. The molecule has 2 aromatic heterocycles. The van der Waals surface area contributed by atoms with Gasteiger partial charge in [0.05, 0.1) is 5.56 Å². The molecule has 0 radical (unpaired) electrons. The van der Waals surface area contributed by atoms with Crippen molar-refractivity contribution < 1.29 is 4.79 Å². The van der Waals surface area contributed by atoms with E-state index in [-0.39, 0.29) is 11.3 Å². The van der Waals surface area contributed by atoms with E-state index in [0.29, 0.717) is 18.0 Å². The normalized spacial score (nSPS) is 17.6. The van der Waals surface area contributed by atoms with Gasteiger partial charge in [0.25, 0.3) is 5.91 Å². The van der Waals surface area contributed by atoms with Gasteiger partial charge in [0.15, 0.2) is 0 Å².